The number of alkyl carbamates (subject to hydrolysis) is 1. The predicted molar refractivity (Wildman–Crippen MR) is 66.7 cm³/mol. The monoisotopic (exact) mass is 243 g/mol. The van der Waals surface area contributed by atoms with Crippen LogP contribution in [0.5, 0.6) is 0 Å². The van der Waals surface area contributed by atoms with Gasteiger partial charge in [0.1, 0.15) is 12.3 Å². The number of ether oxygens (including phenoxy) is 1. The Morgan fingerprint density at radius 2 is 2.06 bits per heavy atom. The minimum Gasteiger partial charge on any atom is -0.444 e. The summed E-state index contributed by atoms with van der Waals surface area (Å²) in [6.45, 7) is 10.7. The first-order chi connectivity index (χ1) is 7.76. The van der Waals surface area contributed by atoms with Gasteiger partial charge in [-0.15, -0.1) is 0 Å². The molecule has 6 nitrogen and oxygen atoms in total. The molecule has 98 valence electrons. The maximum Gasteiger partial charge on any atom is 0.407 e. The molecule has 0 aromatic heterocycles. The van der Waals surface area contributed by atoms with E-state index in [1.807, 2.05) is 0 Å². The smallest absolute Gasteiger partial charge is 0.407 e. The maximum atomic E-state index is 11.4. The Morgan fingerprint density at radius 1 is 1.47 bits per heavy atom. The van der Waals surface area contributed by atoms with Crippen molar-refractivity contribution in [1.82, 2.24) is 10.7 Å². The zero-order valence-corrected chi connectivity index (χ0v) is 10.8. The molecule has 0 aliphatic rings. The van der Waals surface area contributed by atoms with E-state index in [2.05, 4.69) is 22.4 Å². The fourth-order valence-corrected chi connectivity index (χ4v) is 0.887. The number of amides is 1. The predicted octanol–water partition coefficient (Wildman–Crippen LogP) is 0.983. The number of carbonyl (C=O) groups is 1. The second-order valence-corrected chi connectivity index (χ2v) is 4.51. The third kappa shape index (κ3) is 8.27. The lowest BCUT2D eigenvalue weighted by molar-refractivity contribution is 0.0536. The molecule has 0 heterocycles. The van der Waals surface area contributed by atoms with Gasteiger partial charge in [0.2, 0.25) is 0 Å². The lowest BCUT2D eigenvalue weighted by atomic mass is 10.2. The summed E-state index contributed by atoms with van der Waals surface area (Å²) in [6, 6.07) is 0. The highest BCUT2D eigenvalue weighted by molar-refractivity contribution is 6.01. The normalized spacial score (nSPS) is 11.9. The Balaban J connectivity index is 4.23. The van der Waals surface area contributed by atoms with Crippen LogP contribution in [0.1, 0.15) is 27.7 Å². The van der Waals surface area contributed by atoms with E-state index in [4.69, 9.17) is 9.84 Å². The number of aliphatic hydroxyl groups is 1. The van der Waals surface area contributed by atoms with Crippen LogP contribution in [0.25, 0.3) is 0 Å². The van der Waals surface area contributed by atoms with Crippen molar-refractivity contribution < 1.29 is 14.6 Å². The summed E-state index contributed by atoms with van der Waals surface area (Å²) < 4.78 is 5.07. The van der Waals surface area contributed by atoms with Crippen molar-refractivity contribution in [3.05, 3.63) is 12.2 Å². The summed E-state index contributed by atoms with van der Waals surface area (Å²) >= 11 is 0. The third-order valence-corrected chi connectivity index (χ3v) is 1.58. The number of hydrazone groups is 1. The average Bonchev–Trinajstić information content (AvgIpc) is 2.14. The third-order valence-electron chi connectivity index (χ3n) is 1.58. The van der Waals surface area contributed by atoms with Crippen molar-refractivity contribution in [2.24, 2.45) is 5.10 Å². The average molecular weight is 243 g/mol. The molecule has 17 heavy (non-hydrogen) atoms. The molecule has 1 amide bonds. The Kier molecular flexibility index (Phi) is 6.27. The van der Waals surface area contributed by atoms with Crippen LogP contribution in [0.3, 0.4) is 0 Å². The minimum atomic E-state index is -0.534. The van der Waals surface area contributed by atoms with Gasteiger partial charge in [-0.25, -0.2) is 4.79 Å². The second-order valence-electron chi connectivity index (χ2n) is 4.51. The first kappa shape index (κ1) is 15.4. The van der Waals surface area contributed by atoms with Crippen LogP contribution in [0.4, 0.5) is 4.79 Å². The van der Waals surface area contributed by atoms with Gasteiger partial charge in [0.05, 0.1) is 12.3 Å². The minimum absolute atomic E-state index is 0.192. The summed E-state index contributed by atoms with van der Waals surface area (Å²) in [5.74, 6) is 0. The standard InChI is InChI=1S/C11H21N3O3/c1-8(2)9(14-13-7-15)6-12-10(16)17-11(3,4)5/h13,15H,1,6-7H2,2-5H3,(H,12,16)/b14-9-. The van der Waals surface area contributed by atoms with Crippen LogP contribution in [0, 0.1) is 0 Å². The zero-order valence-electron chi connectivity index (χ0n) is 10.8. The fraction of sp³-hybridized carbons (Fsp3) is 0.636. The molecule has 0 radical (unpaired) electrons. The van der Waals surface area contributed by atoms with Gasteiger partial charge >= 0.3 is 6.09 Å². The summed E-state index contributed by atoms with van der Waals surface area (Å²) in [6.07, 6.45) is -0.518. The molecule has 0 spiro atoms. The summed E-state index contributed by atoms with van der Waals surface area (Å²) in [7, 11) is 0. The lowest BCUT2D eigenvalue weighted by Crippen LogP contribution is -2.36. The summed E-state index contributed by atoms with van der Waals surface area (Å²) in [4.78, 5) is 11.4. The van der Waals surface area contributed by atoms with Crippen LogP contribution in [0.15, 0.2) is 17.3 Å². The van der Waals surface area contributed by atoms with Crippen molar-refractivity contribution in [3.8, 4) is 0 Å². The molecule has 0 rings (SSSR count). The quantitative estimate of drug-likeness (QED) is 0.382. The van der Waals surface area contributed by atoms with E-state index in [-0.39, 0.29) is 13.3 Å². The SMILES string of the molecule is C=C(C)/C(CNC(=O)OC(C)(C)C)=N\NCO. The van der Waals surface area contributed by atoms with Gasteiger partial charge in [0.25, 0.3) is 0 Å². The highest BCUT2D eigenvalue weighted by Crippen LogP contribution is 2.06. The highest BCUT2D eigenvalue weighted by atomic mass is 16.6. The molecule has 0 aromatic carbocycles. The molecule has 0 aromatic rings. The highest BCUT2D eigenvalue weighted by Gasteiger charge is 2.16. The van der Waals surface area contributed by atoms with Gasteiger partial charge in [-0.2, -0.15) is 5.10 Å². The Bertz CT molecular complexity index is 306. The largest absolute Gasteiger partial charge is 0.444 e. The lowest BCUT2D eigenvalue weighted by Gasteiger charge is -2.19. The van der Waals surface area contributed by atoms with Gasteiger partial charge in [0.15, 0.2) is 0 Å². The van der Waals surface area contributed by atoms with Crippen LogP contribution in [0.2, 0.25) is 0 Å². The summed E-state index contributed by atoms with van der Waals surface area (Å²) in [5, 5.41) is 15.0. The Morgan fingerprint density at radius 3 is 2.47 bits per heavy atom. The number of aliphatic hydroxyl groups excluding tert-OH is 1. The fourth-order valence-electron chi connectivity index (χ4n) is 0.887. The van der Waals surface area contributed by atoms with Gasteiger partial charge in [-0.1, -0.05) is 6.58 Å². The number of hydrogen-bond acceptors (Lipinski definition) is 5. The molecule has 3 N–H and O–H groups in total. The summed E-state index contributed by atoms with van der Waals surface area (Å²) in [5.41, 5.74) is 3.10. The van der Waals surface area contributed by atoms with Crippen molar-refractivity contribution in [2.75, 3.05) is 13.3 Å². The van der Waals surface area contributed by atoms with Crippen molar-refractivity contribution in [2.45, 2.75) is 33.3 Å². The van der Waals surface area contributed by atoms with Gasteiger partial charge in [-0.05, 0) is 33.3 Å². The molecule has 0 aliphatic heterocycles. The zero-order chi connectivity index (χ0) is 13.5. The number of rotatable bonds is 5. The van der Waals surface area contributed by atoms with E-state index in [0.717, 1.165) is 0 Å². The first-order valence-corrected chi connectivity index (χ1v) is 5.29. The van der Waals surface area contributed by atoms with Gasteiger partial charge in [-0.3, -0.25) is 5.43 Å². The van der Waals surface area contributed by atoms with Crippen molar-refractivity contribution in [1.29, 1.82) is 0 Å². The number of nitrogens with one attached hydrogen (secondary N) is 2. The molecule has 0 atom stereocenters. The first-order valence-electron chi connectivity index (χ1n) is 5.29. The number of hydrogen-bond donors (Lipinski definition) is 3. The molecule has 0 saturated heterocycles. The number of nitrogens with zero attached hydrogens (tertiary/aromatic N) is 1. The van der Waals surface area contributed by atoms with Crippen LogP contribution >= 0.6 is 0 Å². The van der Waals surface area contributed by atoms with E-state index in [0.29, 0.717) is 11.3 Å². The molecule has 0 unspecified atom stereocenters. The molecule has 6 heteroatoms. The maximum absolute atomic E-state index is 11.4. The topological polar surface area (TPSA) is 83.0 Å². The molecular weight excluding hydrogens is 222 g/mol. The Labute approximate surface area is 102 Å². The van der Waals surface area contributed by atoms with E-state index in [1.165, 1.54) is 0 Å². The van der Waals surface area contributed by atoms with E-state index >= 15 is 0 Å². The van der Waals surface area contributed by atoms with E-state index in [9.17, 15) is 4.79 Å². The number of carbonyl (C=O) groups excluding carboxylic acids is 1. The molecule has 0 fully saturated rings. The molecule has 0 saturated carbocycles. The van der Waals surface area contributed by atoms with Crippen LogP contribution < -0.4 is 10.7 Å². The van der Waals surface area contributed by atoms with Crippen LogP contribution in [-0.2, 0) is 4.74 Å². The van der Waals surface area contributed by atoms with Crippen molar-refractivity contribution in [3.63, 3.8) is 0 Å². The molecular formula is C11H21N3O3. The van der Waals surface area contributed by atoms with Gasteiger partial charge < -0.3 is 15.2 Å². The van der Waals surface area contributed by atoms with E-state index in [1.54, 1.807) is 27.7 Å². The van der Waals surface area contributed by atoms with E-state index < -0.39 is 11.7 Å². The Hall–Kier alpha value is -1.56. The molecule has 0 bridgehead atoms. The van der Waals surface area contributed by atoms with Crippen molar-refractivity contribution >= 4 is 11.8 Å². The van der Waals surface area contributed by atoms with Crippen LogP contribution in [-0.4, -0.2) is 35.8 Å². The second kappa shape index (κ2) is 6.90. The molecule has 0 aliphatic carbocycles. The van der Waals surface area contributed by atoms with Gasteiger partial charge in [0, 0.05) is 0 Å².